The maximum Gasteiger partial charge on any atom is 0.294 e. The molecule has 0 aliphatic heterocycles. The Morgan fingerprint density at radius 3 is 1.24 bits per heavy atom. The molecular weight excluding hydrogens is 532 g/mol. The topological polar surface area (TPSA) is 149 Å². The lowest BCUT2D eigenvalue weighted by Gasteiger charge is -2.27. The van der Waals surface area contributed by atoms with E-state index in [2.05, 4.69) is 0 Å². The van der Waals surface area contributed by atoms with Crippen LogP contribution in [-0.2, 0) is 29.8 Å². The highest BCUT2D eigenvalue weighted by molar-refractivity contribution is 7.86. The largest absolute Gasteiger partial charge is 0.311 e. The van der Waals surface area contributed by atoms with Gasteiger partial charge in [0, 0.05) is 38.3 Å². The van der Waals surface area contributed by atoms with Gasteiger partial charge in [0.25, 0.3) is 20.2 Å². The Balaban J connectivity index is 1.65. The molecule has 4 aromatic rings. The van der Waals surface area contributed by atoms with E-state index >= 15 is 0 Å². The van der Waals surface area contributed by atoms with Gasteiger partial charge in [0.15, 0.2) is 0 Å². The van der Waals surface area contributed by atoms with Crippen LogP contribution in [-0.4, -0.2) is 50.8 Å². The Morgan fingerprint density at radius 1 is 0.579 bits per heavy atom. The van der Waals surface area contributed by atoms with E-state index in [1.54, 1.807) is 48.5 Å². The zero-order valence-corrected chi connectivity index (χ0v) is 22.0. The number of hydrogen-bond donors (Lipinski definition) is 2. The van der Waals surface area contributed by atoms with Crippen LogP contribution in [0.2, 0.25) is 0 Å². The second kappa shape index (κ2) is 10.1. The van der Waals surface area contributed by atoms with Gasteiger partial charge in [0.1, 0.15) is 0 Å². The van der Waals surface area contributed by atoms with Crippen LogP contribution >= 0.6 is 0 Å². The molecule has 0 aliphatic carbocycles. The van der Waals surface area contributed by atoms with Crippen LogP contribution in [0.1, 0.15) is 13.8 Å². The summed E-state index contributed by atoms with van der Waals surface area (Å²) in [5, 5.41) is 2.40. The SMILES string of the molecule is CC(=O)N(CCN(C(C)=O)c1ccc2ccc(S(=O)(=O)O)cc2c1)c1ccc2ccc(S(=O)(=O)O)cc2c1. The molecule has 4 aromatic carbocycles. The third kappa shape index (κ3) is 5.83. The van der Waals surface area contributed by atoms with Gasteiger partial charge in [-0.05, 0) is 70.1 Å². The summed E-state index contributed by atoms with van der Waals surface area (Å²) in [7, 11) is -8.81. The summed E-state index contributed by atoms with van der Waals surface area (Å²) in [5.41, 5.74) is 0.939. The van der Waals surface area contributed by atoms with Crippen molar-refractivity contribution >= 4 is 65.0 Å². The summed E-state index contributed by atoms with van der Waals surface area (Å²) >= 11 is 0. The van der Waals surface area contributed by atoms with Crippen LogP contribution in [0.3, 0.4) is 0 Å². The zero-order chi connectivity index (χ0) is 27.8. The summed E-state index contributed by atoms with van der Waals surface area (Å²) in [6, 6.07) is 18.3. The quantitative estimate of drug-likeness (QED) is 0.326. The fourth-order valence-corrected chi connectivity index (χ4v) is 5.25. The van der Waals surface area contributed by atoms with Crippen molar-refractivity contribution in [2.45, 2.75) is 23.6 Å². The van der Waals surface area contributed by atoms with E-state index in [0.29, 0.717) is 32.9 Å². The summed E-state index contributed by atoms with van der Waals surface area (Å²) in [6.07, 6.45) is 0. The first-order valence-corrected chi connectivity index (χ1v) is 14.2. The number of anilines is 2. The second-order valence-electron chi connectivity index (χ2n) is 8.68. The summed E-state index contributed by atoms with van der Waals surface area (Å²) in [5.74, 6) is -0.620. The van der Waals surface area contributed by atoms with Gasteiger partial charge >= 0.3 is 0 Å². The Morgan fingerprint density at radius 2 is 0.921 bits per heavy atom. The first-order valence-electron chi connectivity index (χ1n) is 11.3. The van der Waals surface area contributed by atoms with Crippen molar-refractivity contribution in [2.75, 3.05) is 22.9 Å². The monoisotopic (exact) mass is 556 g/mol. The van der Waals surface area contributed by atoms with Crippen LogP contribution in [0.4, 0.5) is 11.4 Å². The van der Waals surface area contributed by atoms with Gasteiger partial charge < -0.3 is 9.80 Å². The van der Waals surface area contributed by atoms with Crippen LogP contribution in [0.5, 0.6) is 0 Å². The van der Waals surface area contributed by atoms with Crippen molar-refractivity contribution in [2.24, 2.45) is 0 Å². The lowest BCUT2D eigenvalue weighted by Crippen LogP contribution is -2.39. The van der Waals surface area contributed by atoms with Crippen LogP contribution < -0.4 is 9.80 Å². The number of fused-ring (bicyclic) bond motifs is 2. The minimum Gasteiger partial charge on any atom is -0.311 e. The van der Waals surface area contributed by atoms with Crippen molar-refractivity contribution in [3.63, 3.8) is 0 Å². The highest BCUT2D eigenvalue weighted by Crippen LogP contribution is 2.27. The summed E-state index contributed by atoms with van der Waals surface area (Å²) < 4.78 is 64.9. The molecule has 2 N–H and O–H groups in total. The van der Waals surface area contributed by atoms with E-state index in [4.69, 9.17) is 0 Å². The number of benzene rings is 4. The van der Waals surface area contributed by atoms with Crippen LogP contribution in [0.15, 0.2) is 82.6 Å². The highest BCUT2D eigenvalue weighted by Gasteiger charge is 2.19. The van der Waals surface area contributed by atoms with E-state index in [1.807, 2.05) is 0 Å². The van der Waals surface area contributed by atoms with E-state index in [9.17, 15) is 35.5 Å². The zero-order valence-electron chi connectivity index (χ0n) is 20.4. The molecule has 0 aromatic heterocycles. The maximum absolute atomic E-state index is 12.5. The van der Waals surface area contributed by atoms with E-state index in [0.717, 1.165) is 0 Å². The molecular formula is C26H24N2O8S2. The third-order valence-corrected chi connectivity index (χ3v) is 7.82. The predicted molar refractivity (Wildman–Crippen MR) is 144 cm³/mol. The number of carbonyl (C=O) groups excluding carboxylic acids is 2. The maximum atomic E-state index is 12.5. The van der Waals surface area contributed by atoms with Gasteiger partial charge in [-0.1, -0.05) is 24.3 Å². The van der Waals surface area contributed by atoms with Crippen molar-refractivity contribution in [1.82, 2.24) is 0 Å². The lowest BCUT2D eigenvalue weighted by molar-refractivity contribution is -0.118. The number of rotatable bonds is 7. The molecule has 0 saturated heterocycles. The third-order valence-electron chi connectivity index (χ3n) is 6.12. The van der Waals surface area contributed by atoms with Crippen molar-refractivity contribution in [3.8, 4) is 0 Å². The minimum atomic E-state index is -4.40. The fraction of sp³-hybridized carbons (Fsp3) is 0.154. The Bertz CT molecular complexity index is 1670. The van der Waals surface area contributed by atoms with E-state index < -0.39 is 20.2 Å². The molecule has 0 bridgehead atoms. The van der Waals surface area contributed by atoms with Crippen molar-refractivity contribution < 1.29 is 35.5 Å². The van der Waals surface area contributed by atoms with Gasteiger partial charge in [0.05, 0.1) is 9.79 Å². The number of nitrogens with zero attached hydrogens (tertiary/aromatic N) is 2. The average Bonchev–Trinajstić information content (AvgIpc) is 2.83. The van der Waals surface area contributed by atoms with E-state index in [-0.39, 0.29) is 34.7 Å². The second-order valence-corrected chi connectivity index (χ2v) is 11.5. The smallest absolute Gasteiger partial charge is 0.294 e. The molecule has 0 atom stereocenters. The predicted octanol–water partition coefficient (Wildman–Crippen LogP) is 3.89. The molecule has 0 aliphatic rings. The van der Waals surface area contributed by atoms with E-state index in [1.165, 1.54) is 47.9 Å². The first-order chi connectivity index (χ1) is 17.7. The van der Waals surface area contributed by atoms with Gasteiger partial charge in [0.2, 0.25) is 11.8 Å². The van der Waals surface area contributed by atoms with Gasteiger partial charge in [-0.15, -0.1) is 0 Å². The molecule has 198 valence electrons. The molecule has 0 radical (unpaired) electrons. The molecule has 0 unspecified atom stereocenters. The number of carbonyl (C=O) groups is 2. The first kappa shape index (κ1) is 27.2. The fourth-order valence-electron chi connectivity index (χ4n) is 4.22. The molecule has 0 fully saturated rings. The minimum absolute atomic E-state index is 0.0987. The highest BCUT2D eigenvalue weighted by atomic mass is 32.2. The molecule has 4 rings (SSSR count). The Labute approximate surface area is 219 Å². The molecule has 12 heteroatoms. The normalized spacial score (nSPS) is 12.0. The summed E-state index contributed by atoms with van der Waals surface area (Å²) in [4.78, 5) is 27.4. The van der Waals surface area contributed by atoms with Gasteiger partial charge in [-0.25, -0.2) is 0 Å². The number of amides is 2. The van der Waals surface area contributed by atoms with Crippen LogP contribution in [0.25, 0.3) is 21.5 Å². The molecule has 0 spiro atoms. The van der Waals surface area contributed by atoms with Gasteiger partial charge in [-0.2, -0.15) is 16.8 Å². The number of hydrogen-bond acceptors (Lipinski definition) is 6. The van der Waals surface area contributed by atoms with Crippen molar-refractivity contribution in [3.05, 3.63) is 72.8 Å². The van der Waals surface area contributed by atoms with Crippen molar-refractivity contribution in [1.29, 1.82) is 0 Å². The lowest BCUT2D eigenvalue weighted by atomic mass is 10.1. The molecule has 2 amide bonds. The Kier molecular flexibility index (Phi) is 7.26. The molecule has 0 saturated carbocycles. The summed E-state index contributed by atoms with van der Waals surface area (Å²) in [6.45, 7) is 2.93. The molecule has 0 heterocycles. The van der Waals surface area contributed by atoms with Crippen LogP contribution in [0, 0.1) is 0 Å². The average molecular weight is 557 g/mol. The molecule has 38 heavy (non-hydrogen) atoms. The molecule has 10 nitrogen and oxygen atoms in total. The Hall–Kier alpha value is -3.84. The van der Waals surface area contributed by atoms with Gasteiger partial charge in [-0.3, -0.25) is 18.7 Å². The standard InChI is InChI=1S/C26H24N2O8S2/c1-17(29)27(23-7-3-19-5-9-25(37(31,32)33)15-21(19)13-23)11-12-28(18(2)30)24-8-4-20-6-10-26(38(34,35)36)16-22(20)14-24/h3-10,13-16H,11-12H2,1-2H3,(H,31,32,33)(H,34,35,36).